The van der Waals surface area contributed by atoms with Crippen LogP contribution in [0.3, 0.4) is 0 Å². The second-order valence-electron chi connectivity index (χ2n) is 4.73. The van der Waals surface area contributed by atoms with Gasteiger partial charge in [-0.3, -0.25) is 14.5 Å². The Morgan fingerprint density at radius 2 is 1.72 bits per heavy atom. The number of imide groups is 1. The van der Waals surface area contributed by atoms with Gasteiger partial charge in [-0.2, -0.15) is 5.26 Å². The van der Waals surface area contributed by atoms with Crippen LogP contribution in [-0.4, -0.2) is 33.5 Å². The molecule has 1 aromatic rings. The van der Waals surface area contributed by atoms with Crippen molar-refractivity contribution < 1.29 is 14.7 Å². The van der Waals surface area contributed by atoms with Gasteiger partial charge in [-0.05, 0) is 12.1 Å². The summed E-state index contributed by atoms with van der Waals surface area (Å²) in [5.74, 6) is -0.666. The zero-order chi connectivity index (χ0) is 12.9. The Bertz CT molecular complexity index is 561. The summed E-state index contributed by atoms with van der Waals surface area (Å²) in [7, 11) is 0. The van der Waals surface area contributed by atoms with Gasteiger partial charge in [0.2, 0.25) is 0 Å². The number of aliphatic hydroxyl groups is 1. The third-order valence-corrected chi connectivity index (χ3v) is 3.55. The van der Waals surface area contributed by atoms with Gasteiger partial charge in [0.15, 0.2) is 5.60 Å². The minimum atomic E-state index is -1.39. The van der Waals surface area contributed by atoms with E-state index in [9.17, 15) is 14.7 Å². The lowest BCUT2D eigenvalue weighted by atomic mass is 9.76. The van der Waals surface area contributed by atoms with Crippen molar-refractivity contribution in [3.8, 4) is 6.07 Å². The van der Waals surface area contributed by atoms with Crippen LogP contribution in [0.1, 0.15) is 33.6 Å². The molecule has 90 valence electrons. The molecule has 2 amide bonds. The fourth-order valence-corrected chi connectivity index (χ4v) is 2.53. The van der Waals surface area contributed by atoms with E-state index in [1.807, 2.05) is 0 Å². The molecule has 0 saturated heterocycles. The van der Waals surface area contributed by atoms with E-state index in [1.54, 1.807) is 30.3 Å². The van der Waals surface area contributed by atoms with Crippen molar-refractivity contribution in [1.82, 2.24) is 4.90 Å². The number of nitriles is 1. The van der Waals surface area contributed by atoms with Gasteiger partial charge in [-0.15, -0.1) is 0 Å². The summed E-state index contributed by atoms with van der Waals surface area (Å²) in [4.78, 5) is 25.3. The van der Waals surface area contributed by atoms with Crippen LogP contribution in [0.5, 0.6) is 0 Å². The number of benzene rings is 1. The maximum atomic E-state index is 12.1. The van der Waals surface area contributed by atoms with Gasteiger partial charge >= 0.3 is 0 Å². The average molecular weight is 242 g/mol. The van der Waals surface area contributed by atoms with Crippen LogP contribution in [0.15, 0.2) is 24.3 Å². The Morgan fingerprint density at radius 1 is 1.22 bits per heavy atom. The Hall–Kier alpha value is -2.19. The minimum absolute atomic E-state index is 0.134. The van der Waals surface area contributed by atoms with Crippen LogP contribution >= 0.6 is 0 Å². The summed E-state index contributed by atoms with van der Waals surface area (Å²) >= 11 is 0. The van der Waals surface area contributed by atoms with Crippen LogP contribution in [0, 0.1) is 11.3 Å². The summed E-state index contributed by atoms with van der Waals surface area (Å²) in [5.41, 5.74) is -0.593. The van der Waals surface area contributed by atoms with Crippen molar-refractivity contribution in [2.24, 2.45) is 0 Å². The summed E-state index contributed by atoms with van der Waals surface area (Å²) in [6.07, 6.45) is 0.268. The second kappa shape index (κ2) is 3.40. The van der Waals surface area contributed by atoms with E-state index >= 15 is 0 Å². The van der Waals surface area contributed by atoms with E-state index in [0.717, 1.165) is 4.90 Å². The van der Waals surface area contributed by atoms with Crippen LogP contribution in [0.25, 0.3) is 0 Å². The monoisotopic (exact) mass is 242 g/mol. The third-order valence-electron chi connectivity index (χ3n) is 3.55. The fraction of sp³-hybridized carbons (Fsp3) is 0.308. The number of amides is 2. The lowest BCUT2D eigenvalue weighted by molar-refractivity contribution is -0.0342. The highest BCUT2D eigenvalue weighted by atomic mass is 16.3. The second-order valence-corrected chi connectivity index (χ2v) is 4.73. The van der Waals surface area contributed by atoms with Crippen molar-refractivity contribution in [1.29, 1.82) is 5.26 Å². The SMILES string of the molecule is N#CC1(O)CC(N2C(=O)c3ccccc3C2=O)C1. The Morgan fingerprint density at radius 3 is 2.17 bits per heavy atom. The largest absolute Gasteiger partial charge is 0.375 e. The summed E-state index contributed by atoms with van der Waals surface area (Å²) in [6.45, 7) is 0. The lowest BCUT2D eigenvalue weighted by Gasteiger charge is -2.42. The fourth-order valence-electron chi connectivity index (χ4n) is 2.53. The molecule has 3 rings (SSSR count). The number of hydrogen-bond donors (Lipinski definition) is 1. The van der Waals surface area contributed by atoms with Gasteiger partial charge in [0, 0.05) is 18.9 Å². The van der Waals surface area contributed by atoms with Crippen LogP contribution in [0.2, 0.25) is 0 Å². The molecule has 1 N–H and O–H groups in total. The number of carbonyl (C=O) groups excluding carboxylic acids is 2. The molecular weight excluding hydrogens is 232 g/mol. The molecule has 5 nitrogen and oxygen atoms in total. The van der Waals surface area contributed by atoms with Crippen molar-refractivity contribution in [3.05, 3.63) is 35.4 Å². The zero-order valence-electron chi connectivity index (χ0n) is 9.46. The number of carbonyl (C=O) groups is 2. The zero-order valence-corrected chi connectivity index (χ0v) is 9.46. The Kier molecular flexibility index (Phi) is 2.07. The van der Waals surface area contributed by atoms with Gasteiger partial charge < -0.3 is 5.11 Å². The summed E-state index contributed by atoms with van der Waals surface area (Å²) in [5, 5.41) is 18.4. The van der Waals surface area contributed by atoms with Gasteiger partial charge in [-0.25, -0.2) is 0 Å². The maximum Gasteiger partial charge on any atom is 0.261 e. The molecule has 0 bridgehead atoms. The molecular formula is C13H10N2O3. The molecule has 18 heavy (non-hydrogen) atoms. The molecule has 0 atom stereocenters. The molecule has 5 heteroatoms. The highest BCUT2D eigenvalue weighted by Gasteiger charge is 2.51. The first-order valence-corrected chi connectivity index (χ1v) is 5.66. The lowest BCUT2D eigenvalue weighted by Crippen LogP contribution is -2.56. The minimum Gasteiger partial charge on any atom is -0.375 e. The molecule has 1 aliphatic carbocycles. The molecule has 0 spiro atoms. The van der Waals surface area contributed by atoms with E-state index in [0.29, 0.717) is 11.1 Å². The molecule has 1 saturated carbocycles. The van der Waals surface area contributed by atoms with E-state index in [1.165, 1.54) is 0 Å². The van der Waals surface area contributed by atoms with Crippen LogP contribution in [0.4, 0.5) is 0 Å². The molecule has 1 aliphatic heterocycles. The first-order valence-electron chi connectivity index (χ1n) is 5.66. The first kappa shape index (κ1) is 10.9. The van der Waals surface area contributed by atoms with Crippen molar-refractivity contribution in [2.75, 3.05) is 0 Å². The molecule has 0 unspecified atom stereocenters. The highest BCUT2D eigenvalue weighted by molar-refractivity contribution is 6.21. The topological polar surface area (TPSA) is 81.4 Å². The summed E-state index contributed by atoms with van der Waals surface area (Å²) in [6, 6.07) is 8.06. The predicted octanol–water partition coefficient (Wildman–Crippen LogP) is 0.700. The van der Waals surface area contributed by atoms with Crippen LogP contribution < -0.4 is 0 Å². The van der Waals surface area contributed by atoms with E-state index in [4.69, 9.17) is 5.26 Å². The smallest absolute Gasteiger partial charge is 0.261 e. The van der Waals surface area contributed by atoms with E-state index < -0.39 is 5.60 Å². The quantitative estimate of drug-likeness (QED) is 0.580. The average Bonchev–Trinajstić information content (AvgIpc) is 2.59. The number of hydrogen-bond acceptors (Lipinski definition) is 4. The van der Waals surface area contributed by atoms with E-state index in [2.05, 4.69) is 0 Å². The maximum absolute atomic E-state index is 12.1. The molecule has 0 radical (unpaired) electrons. The van der Waals surface area contributed by atoms with Crippen LogP contribution in [-0.2, 0) is 0 Å². The first-order chi connectivity index (χ1) is 8.56. The Balaban J connectivity index is 1.89. The molecule has 1 aromatic carbocycles. The van der Waals surface area contributed by atoms with Crippen molar-refractivity contribution in [2.45, 2.75) is 24.5 Å². The third kappa shape index (κ3) is 1.30. The van der Waals surface area contributed by atoms with Crippen molar-refractivity contribution in [3.63, 3.8) is 0 Å². The Labute approximate surface area is 103 Å². The molecule has 1 fully saturated rings. The van der Waals surface area contributed by atoms with E-state index in [-0.39, 0.29) is 30.7 Å². The highest BCUT2D eigenvalue weighted by Crippen LogP contribution is 2.38. The van der Waals surface area contributed by atoms with Gasteiger partial charge in [0.1, 0.15) is 0 Å². The number of nitrogens with zero attached hydrogens (tertiary/aromatic N) is 2. The number of rotatable bonds is 1. The normalized spacial score (nSPS) is 29.8. The molecule has 1 heterocycles. The van der Waals surface area contributed by atoms with Gasteiger partial charge in [0.05, 0.1) is 17.2 Å². The van der Waals surface area contributed by atoms with Gasteiger partial charge in [0.25, 0.3) is 11.8 Å². The van der Waals surface area contributed by atoms with Crippen molar-refractivity contribution >= 4 is 11.8 Å². The molecule has 2 aliphatic rings. The predicted molar refractivity (Wildman–Crippen MR) is 60.5 cm³/mol. The number of fused-ring (bicyclic) bond motifs is 1. The summed E-state index contributed by atoms with van der Waals surface area (Å²) < 4.78 is 0. The standard InChI is InChI=1S/C13H10N2O3/c14-7-13(18)5-8(6-13)15-11(16)9-3-1-2-4-10(9)12(15)17/h1-4,8,18H,5-6H2. The van der Waals surface area contributed by atoms with Gasteiger partial charge in [-0.1, -0.05) is 12.1 Å². The molecule has 0 aromatic heterocycles.